The Morgan fingerprint density at radius 3 is 2.25 bits per heavy atom. The van der Waals surface area contributed by atoms with Crippen molar-refractivity contribution in [2.75, 3.05) is 0 Å². The zero-order valence-electron chi connectivity index (χ0n) is 21.2. The highest BCUT2D eigenvalue weighted by Gasteiger charge is 2.15. The van der Waals surface area contributed by atoms with Gasteiger partial charge in [-0.15, -0.1) is 0 Å². The lowest BCUT2D eigenvalue weighted by atomic mass is 9.98. The number of aryl methyl sites for hydroxylation is 1. The van der Waals surface area contributed by atoms with E-state index < -0.39 is 5.97 Å². The second-order valence-electron chi connectivity index (χ2n) is 9.84. The van der Waals surface area contributed by atoms with E-state index in [0.29, 0.717) is 24.3 Å². The lowest BCUT2D eigenvalue weighted by molar-refractivity contribution is -0.137. The minimum atomic E-state index is -0.803. The van der Waals surface area contributed by atoms with Gasteiger partial charge in [-0.25, -0.2) is 0 Å². The van der Waals surface area contributed by atoms with Crippen LogP contribution in [0.5, 0.6) is 0 Å². The summed E-state index contributed by atoms with van der Waals surface area (Å²) in [5.74, 6) is -0.257. The SMILES string of the molecule is CC(=Cc1ccc(C(=O)n2cc(CCCC(=O)O)c3ccccc32)cc1)c1ccc(CC(C)C)cc1. The van der Waals surface area contributed by atoms with Gasteiger partial charge in [0.15, 0.2) is 0 Å². The van der Waals surface area contributed by atoms with Gasteiger partial charge in [0.1, 0.15) is 0 Å². The van der Waals surface area contributed by atoms with Crippen molar-refractivity contribution in [2.24, 2.45) is 5.92 Å². The molecule has 1 heterocycles. The second kappa shape index (κ2) is 11.2. The highest BCUT2D eigenvalue weighted by Crippen LogP contribution is 2.25. The molecule has 1 aromatic heterocycles. The number of carbonyl (C=O) groups excluding carboxylic acids is 1. The van der Waals surface area contributed by atoms with Gasteiger partial charge in [0, 0.05) is 23.6 Å². The number of carboxylic acid groups (broad SMARTS) is 1. The van der Waals surface area contributed by atoms with E-state index in [1.165, 1.54) is 16.7 Å². The van der Waals surface area contributed by atoms with Crippen LogP contribution in [-0.4, -0.2) is 21.6 Å². The zero-order chi connectivity index (χ0) is 25.7. The number of aliphatic carboxylic acids is 1. The second-order valence-corrected chi connectivity index (χ2v) is 9.84. The molecule has 0 aliphatic carbocycles. The van der Waals surface area contributed by atoms with E-state index in [2.05, 4.69) is 51.1 Å². The van der Waals surface area contributed by atoms with Crippen LogP contribution in [0.4, 0.5) is 0 Å². The molecule has 0 atom stereocenters. The van der Waals surface area contributed by atoms with Crippen molar-refractivity contribution < 1.29 is 14.7 Å². The predicted octanol–water partition coefficient (Wildman–Crippen LogP) is 7.50. The molecule has 1 N–H and O–H groups in total. The molecule has 184 valence electrons. The van der Waals surface area contributed by atoms with Crippen molar-refractivity contribution in [3.05, 3.63) is 107 Å². The van der Waals surface area contributed by atoms with E-state index in [1.54, 1.807) is 4.57 Å². The summed E-state index contributed by atoms with van der Waals surface area (Å²) in [5, 5.41) is 9.96. The summed E-state index contributed by atoms with van der Waals surface area (Å²) < 4.78 is 1.68. The van der Waals surface area contributed by atoms with E-state index in [0.717, 1.165) is 28.5 Å². The number of carboxylic acids is 1. The molecule has 0 saturated carbocycles. The molecule has 0 amide bonds. The van der Waals surface area contributed by atoms with Crippen molar-refractivity contribution in [3.63, 3.8) is 0 Å². The fraction of sp³-hybridized carbons (Fsp3) is 0.250. The van der Waals surface area contributed by atoms with Crippen LogP contribution in [0.15, 0.2) is 79.0 Å². The van der Waals surface area contributed by atoms with Crippen molar-refractivity contribution in [1.29, 1.82) is 0 Å². The van der Waals surface area contributed by atoms with E-state index in [1.807, 2.05) is 54.7 Å². The van der Waals surface area contributed by atoms with Gasteiger partial charge in [-0.05, 0) is 78.1 Å². The Balaban J connectivity index is 1.52. The number of fused-ring (bicyclic) bond motifs is 1. The normalized spacial score (nSPS) is 11.8. The molecule has 0 spiro atoms. The third-order valence-corrected chi connectivity index (χ3v) is 6.44. The molecular weight excluding hydrogens is 446 g/mol. The Hall–Kier alpha value is -3.92. The van der Waals surface area contributed by atoms with E-state index in [-0.39, 0.29) is 12.3 Å². The summed E-state index contributed by atoms with van der Waals surface area (Å²) in [4.78, 5) is 24.3. The first-order valence-electron chi connectivity index (χ1n) is 12.5. The van der Waals surface area contributed by atoms with Gasteiger partial charge in [0.05, 0.1) is 5.52 Å². The van der Waals surface area contributed by atoms with Gasteiger partial charge in [-0.2, -0.15) is 0 Å². The van der Waals surface area contributed by atoms with Gasteiger partial charge in [0.25, 0.3) is 5.91 Å². The Morgan fingerprint density at radius 2 is 1.58 bits per heavy atom. The number of benzene rings is 3. The number of carbonyl (C=O) groups is 2. The molecule has 0 radical (unpaired) electrons. The molecule has 0 fully saturated rings. The Bertz CT molecular complexity index is 1390. The molecule has 36 heavy (non-hydrogen) atoms. The average molecular weight is 480 g/mol. The van der Waals surface area contributed by atoms with Crippen LogP contribution in [0.1, 0.15) is 66.2 Å². The zero-order valence-corrected chi connectivity index (χ0v) is 21.2. The summed E-state index contributed by atoms with van der Waals surface area (Å²) in [6.45, 7) is 6.57. The molecule has 0 aliphatic rings. The smallest absolute Gasteiger partial charge is 0.303 e. The fourth-order valence-electron chi connectivity index (χ4n) is 4.62. The standard InChI is InChI=1S/C32H33NO3/c1-22(2)19-24-11-15-26(16-12-24)23(3)20-25-13-17-27(18-14-25)32(36)33-21-28(7-6-10-31(34)35)29-8-4-5-9-30(29)33/h4-5,8-9,11-18,20-22H,6-7,10,19H2,1-3H3,(H,34,35). The maximum atomic E-state index is 13.4. The van der Waals surface area contributed by atoms with Crippen molar-refractivity contribution >= 4 is 34.4 Å². The number of hydrogen-bond donors (Lipinski definition) is 1. The summed E-state index contributed by atoms with van der Waals surface area (Å²) in [7, 11) is 0. The molecule has 0 unspecified atom stereocenters. The maximum absolute atomic E-state index is 13.4. The Kier molecular flexibility index (Phi) is 7.84. The lowest BCUT2D eigenvalue weighted by Crippen LogP contribution is -2.10. The molecule has 0 aliphatic heterocycles. The first-order chi connectivity index (χ1) is 17.3. The van der Waals surface area contributed by atoms with E-state index in [9.17, 15) is 9.59 Å². The minimum Gasteiger partial charge on any atom is -0.481 e. The predicted molar refractivity (Wildman–Crippen MR) is 147 cm³/mol. The molecule has 3 aromatic carbocycles. The first-order valence-corrected chi connectivity index (χ1v) is 12.5. The van der Waals surface area contributed by atoms with E-state index in [4.69, 9.17) is 5.11 Å². The van der Waals surface area contributed by atoms with Gasteiger partial charge in [0.2, 0.25) is 0 Å². The summed E-state index contributed by atoms with van der Waals surface area (Å²) >= 11 is 0. The highest BCUT2D eigenvalue weighted by molar-refractivity contribution is 6.03. The first kappa shape index (κ1) is 25.2. The molecule has 4 nitrogen and oxygen atoms in total. The topological polar surface area (TPSA) is 59.3 Å². The average Bonchev–Trinajstić information content (AvgIpc) is 3.22. The van der Waals surface area contributed by atoms with Crippen LogP contribution < -0.4 is 0 Å². The molecule has 0 bridgehead atoms. The van der Waals surface area contributed by atoms with Gasteiger partial charge >= 0.3 is 5.97 Å². The van der Waals surface area contributed by atoms with Gasteiger partial charge in [-0.1, -0.05) is 74.5 Å². The number of rotatable bonds is 9. The third kappa shape index (κ3) is 6.01. The maximum Gasteiger partial charge on any atom is 0.303 e. The van der Waals surface area contributed by atoms with Crippen molar-refractivity contribution in [1.82, 2.24) is 4.57 Å². The number of para-hydroxylation sites is 1. The molecule has 4 aromatic rings. The Morgan fingerprint density at radius 1 is 0.917 bits per heavy atom. The van der Waals surface area contributed by atoms with Crippen LogP contribution in [0.3, 0.4) is 0 Å². The monoisotopic (exact) mass is 479 g/mol. The fourth-order valence-corrected chi connectivity index (χ4v) is 4.62. The van der Waals surface area contributed by atoms with Crippen LogP contribution >= 0.6 is 0 Å². The third-order valence-electron chi connectivity index (χ3n) is 6.44. The number of hydrogen-bond acceptors (Lipinski definition) is 2. The van der Waals surface area contributed by atoms with Gasteiger partial charge < -0.3 is 5.11 Å². The van der Waals surface area contributed by atoms with Crippen LogP contribution in [-0.2, 0) is 17.6 Å². The minimum absolute atomic E-state index is 0.0938. The summed E-state index contributed by atoms with van der Waals surface area (Å²) in [6.07, 6.45) is 6.35. The number of aromatic nitrogens is 1. The highest BCUT2D eigenvalue weighted by atomic mass is 16.4. The van der Waals surface area contributed by atoms with Crippen molar-refractivity contribution in [2.45, 2.75) is 46.5 Å². The quantitative estimate of drug-likeness (QED) is 0.253. The molecule has 4 rings (SSSR count). The summed E-state index contributed by atoms with van der Waals surface area (Å²) in [5.41, 5.74) is 7.21. The Labute approximate surface area is 212 Å². The van der Waals surface area contributed by atoms with Gasteiger partial charge in [-0.3, -0.25) is 14.2 Å². The molecule has 4 heteroatoms. The van der Waals surface area contributed by atoms with Crippen molar-refractivity contribution in [3.8, 4) is 0 Å². The van der Waals surface area contributed by atoms with Crippen LogP contribution in [0.2, 0.25) is 0 Å². The number of nitrogens with zero attached hydrogens (tertiary/aromatic N) is 1. The number of allylic oxidation sites excluding steroid dienone is 1. The largest absolute Gasteiger partial charge is 0.481 e. The van der Waals surface area contributed by atoms with Crippen LogP contribution in [0, 0.1) is 5.92 Å². The molecular formula is C32H33NO3. The van der Waals surface area contributed by atoms with E-state index >= 15 is 0 Å². The lowest BCUT2D eigenvalue weighted by Gasteiger charge is -2.08. The summed E-state index contributed by atoms with van der Waals surface area (Å²) in [6, 6.07) is 24.2. The molecule has 0 saturated heterocycles. The van der Waals surface area contributed by atoms with Crippen LogP contribution in [0.25, 0.3) is 22.6 Å².